The van der Waals surface area contributed by atoms with E-state index in [-0.39, 0.29) is 5.92 Å². The molecule has 0 heterocycles. The average molecular weight is 184 g/mol. The summed E-state index contributed by atoms with van der Waals surface area (Å²) in [6.07, 6.45) is 2.01. The van der Waals surface area contributed by atoms with Crippen molar-refractivity contribution in [1.82, 2.24) is 4.90 Å². The lowest BCUT2D eigenvalue weighted by Gasteiger charge is -2.11. The van der Waals surface area contributed by atoms with Crippen LogP contribution in [-0.2, 0) is 4.74 Å². The zero-order valence-corrected chi connectivity index (χ0v) is 8.92. The van der Waals surface area contributed by atoms with Gasteiger partial charge in [-0.1, -0.05) is 0 Å². The summed E-state index contributed by atoms with van der Waals surface area (Å²) in [5.41, 5.74) is 0. The molecule has 0 aromatic carbocycles. The number of hydrogen-bond acceptors (Lipinski definition) is 3. The normalized spacial score (nSPS) is 12.8. The van der Waals surface area contributed by atoms with Gasteiger partial charge >= 0.3 is 0 Å². The molecule has 0 bridgehead atoms. The molecule has 0 fully saturated rings. The van der Waals surface area contributed by atoms with Gasteiger partial charge in [0.2, 0.25) is 0 Å². The van der Waals surface area contributed by atoms with Crippen molar-refractivity contribution in [1.29, 1.82) is 5.26 Å². The maximum Gasteiger partial charge on any atom is 0.0697 e. The molecule has 0 aliphatic heterocycles. The van der Waals surface area contributed by atoms with Gasteiger partial charge in [-0.15, -0.1) is 0 Å². The van der Waals surface area contributed by atoms with Crippen LogP contribution in [0.3, 0.4) is 0 Å². The predicted octanol–water partition coefficient (Wildman–Crippen LogP) is 1.50. The van der Waals surface area contributed by atoms with Gasteiger partial charge in [0.15, 0.2) is 0 Å². The molecule has 3 heteroatoms. The molecule has 1 atom stereocenters. The van der Waals surface area contributed by atoms with Gasteiger partial charge in [-0.2, -0.15) is 5.26 Å². The summed E-state index contributed by atoms with van der Waals surface area (Å²) in [4.78, 5) is 2.13. The third-order valence-electron chi connectivity index (χ3n) is 1.86. The summed E-state index contributed by atoms with van der Waals surface area (Å²) in [5, 5.41) is 8.77. The van der Waals surface area contributed by atoms with E-state index in [0.29, 0.717) is 13.2 Å². The lowest BCUT2D eigenvalue weighted by molar-refractivity contribution is 0.122. The molecule has 0 saturated carbocycles. The summed E-state index contributed by atoms with van der Waals surface area (Å²) in [7, 11) is 4.09. The molecule has 0 saturated heterocycles. The molecule has 0 rings (SSSR count). The third-order valence-corrected chi connectivity index (χ3v) is 1.86. The highest BCUT2D eigenvalue weighted by Gasteiger charge is 2.06. The van der Waals surface area contributed by atoms with Crippen LogP contribution in [0, 0.1) is 17.2 Å². The van der Waals surface area contributed by atoms with E-state index in [1.807, 2.05) is 21.0 Å². The highest BCUT2D eigenvalue weighted by molar-refractivity contribution is 4.82. The van der Waals surface area contributed by atoms with E-state index in [1.165, 1.54) is 0 Å². The van der Waals surface area contributed by atoms with Crippen molar-refractivity contribution in [2.24, 2.45) is 5.92 Å². The van der Waals surface area contributed by atoms with E-state index in [2.05, 4.69) is 11.0 Å². The van der Waals surface area contributed by atoms with Crippen molar-refractivity contribution < 1.29 is 4.74 Å². The molecule has 0 aromatic rings. The first kappa shape index (κ1) is 12.4. The topological polar surface area (TPSA) is 36.3 Å². The van der Waals surface area contributed by atoms with Gasteiger partial charge in [-0.25, -0.2) is 0 Å². The monoisotopic (exact) mass is 184 g/mol. The highest BCUT2D eigenvalue weighted by Crippen LogP contribution is 2.06. The van der Waals surface area contributed by atoms with Gasteiger partial charge < -0.3 is 9.64 Å². The fourth-order valence-electron chi connectivity index (χ4n) is 1.10. The quantitative estimate of drug-likeness (QED) is 0.601. The Morgan fingerprint density at radius 1 is 1.46 bits per heavy atom. The molecule has 0 aromatic heterocycles. The van der Waals surface area contributed by atoms with Crippen LogP contribution in [0.25, 0.3) is 0 Å². The molecular formula is C10H20N2O. The summed E-state index contributed by atoms with van der Waals surface area (Å²) < 4.78 is 5.21. The van der Waals surface area contributed by atoms with Crippen LogP contribution in [0.2, 0.25) is 0 Å². The van der Waals surface area contributed by atoms with Gasteiger partial charge in [0.1, 0.15) is 0 Å². The second-order valence-corrected chi connectivity index (χ2v) is 3.43. The lowest BCUT2D eigenvalue weighted by Crippen LogP contribution is -2.15. The van der Waals surface area contributed by atoms with Crippen LogP contribution in [0.15, 0.2) is 0 Å². The van der Waals surface area contributed by atoms with E-state index in [1.54, 1.807) is 0 Å². The minimum atomic E-state index is 0.0694. The predicted molar refractivity (Wildman–Crippen MR) is 53.4 cm³/mol. The molecule has 0 aliphatic carbocycles. The first-order valence-corrected chi connectivity index (χ1v) is 4.82. The number of hydrogen-bond donors (Lipinski definition) is 0. The maximum absolute atomic E-state index is 8.77. The minimum Gasteiger partial charge on any atom is -0.380 e. The fourth-order valence-corrected chi connectivity index (χ4v) is 1.10. The van der Waals surface area contributed by atoms with Gasteiger partial charge in [0, 0.05) is 6.61 Å². The number of ether oxygens (including phenoxy) is 1. The van der Waals surface area contributed by atoms with Gasteiger partial charge in [-0.05, 0) is 40.4 Å². The molecular weight excluding hydrogens is 164 g/mol. The van der Waals surface area contributed by atoms with Crippen LogP contribution < -0.4 is 0 Å². The highest BCUT2D eigenvalue weighted by atomic mass is 16.5. The Balaban J connectivity index is 3.44. The number of nitriles is 1. The summed E-state index contributed by atoms with van der Waals surface area (Å²) >= 11 is 0. The van der Waals surface area contributed by atoms with Crippen LogP contribution in [0.4, 0.5) is 0 Å². The fraction of sp³-hybridized carbons (Fsp3) is 0.900. The molecule has 13 heavy (non-hydrogen) atoms. The molecule has 0 aliphatic rings. The van der Waals surface area contributed by atoms with E-state index in [4.69, 9.17) is 10.00 Å². The van der Waals surface area contributed by atoms with Crippen molar-refractivity contribution in [2.45, 2.75) is 19.8 Å². The third kappa shape index (κ3) is 7.76. The molecule has 0 spiro atoms. The zero-order chi connectivity index (χ0) is 10.1. The Bertz CT molecular complexity index is 151. The average Bonchev–Trinajstić information content (AvgIpc) is 2.10. The van der Waals surface area contributed by atoms with Crippen molar-refractivity contribution >= 4 is 0 Å². The van der Waals surface area contributed by atoms with Gasteiger partial charge in [0.05, 0.1) is 18.6 Å². The molecule has 76 valence electrons. The Morgan fingerprint density at radius 3 is 2.62 bits per heavy atom. The zero-order valence-electron chi connectivity index (χ0n) is 8.92. The van der Waals surface area contributed by atoms with Crippen LogP contribution in [-0.4, -0.2) is 38.8 Å². The Hall–Kier alpha value is -0.590. The second kappa shape index (κ2) is 8.03. The largest absolute Gasteiger partial charge is 0.380 e. The number of rotatable bonds is 7. The summed E-state index contributed by atoms with van der Waals surface area (Å²) in [6.45, 7) is 4.28. The van der Waals surface area contributed by atoms with Crippen LogP contribution >= 0.6 is 0 Å². The van der Waals surface area contributed by atoms with Crippen molar-refractivity contribution in [3.8, 4) is 6.07 Å². The van der Waals surface area contributed by atoms with Crippen molar-refractivity contribution in [3.05, 3.63) is 0 Å². The van der Waals surface area contributed by atoms with E-state index >= 15 is 0 Å². The smallest absolute Gasteiger partial charge is 0.0697 e. The van der Waals surface area contributed by atoms with Crippen molar-refractivity contribution in [3.63, 3.8) is 0 Å². The minimum absolute atomic E-state index is 0.0694. The molecule has 3 nitrogen and oxygen atoms in total. The second-order valence-electron chi connectivity index (χ2n) is 3.43. The molecule has 0 N–H and O–H groups in total. The maximum atomic E-state index is 8.77. The summed E-state index contributed by atoms with van der Waals surface area (Å²) in [6, 6.07) is 2.27. The van der Waals surface area contributed by atoms with E-state index in [9.17, 15) is 0 Å². The first-order chi connectivity index (χ1) is 6.20. The molecule has 0 radical (unpaired) electrons. The van der Waals surface area contributed by atoms with Crippen LogP contribution in [0.1, 0.15) is 19.8 Å². The first-order valence-electron chi connectivity index (χ1n) is 4.82. The SMILES string of the molecule is CCOCC(C#N)CCCN(C)C. The van der Waals surface area contributed by atoms with Crippen LogP contribution in [0.5, 0.6) is 0 Å². The Labute approximate surface area is 81.3 Å². The van der Waals surface area contributed by atoms with Gasteiger partial charge in [0.25, 0.3) is 0 Å². The number of nitrogens with zero attached hydrogens (tertiary/aromatic N) is 2. The van der Waals surface area contributed by atoms with E-state index in [0.717, 1.165) is 19.4 Å². The molecule has 0 amide bonds. The Morgan fingerprint density at radius 2 is 2.15 bits per heavy atom. The Kier molecular flexibility index (Phi) is 7.66. The van der Waals surface area contributed by atoms with Crippen molar-refractivity contribution in [2.75, 3.05) is 33.9 Å². The lowest BCUT2D eigenvalue weighted by atomic mass is 10.1. The standard InChI is InChI=1S/C10H20N2O/c1-4-13-9-10(8-11)6-5-7-12(2)3/h10H,4-7,9H2,1-3H3. The van der Waals surface area contributed by atoms with Gasteiger partial charge in [-0.3, -0.25) is 0 Å². The summed E-state index contributed by atoms with van der Waals surface area (Å²) in [5.74, 6) is 0.0694. The van der Waals surface area contributed by atoms with E-state index < -0.39 is 0 Å². The molecule has 1 unspecified atom stereocenters.